The first-order chi connectivity index (χ1) is 7.18. The van der Waals surface area contributed by atoms with Crippen LogP contribution in [0.5, 0.6) is 0 Å². The lowest BCUT2D eigenvalue weighted by molar-refractivity contribution is 0.546. The molecule has 0 fully saturated rings. The summed E-state index contributed by atoms with van der Waals surface area (Å²) in [4.78, 5) is 0. The van der Waals surface area contributed by atoms with Gasteiger partial charge in [0.25, 0.3) is 0 Å². The Labute approximate surface area is 97.3 Å². The molecule has 0 unspecified atom stereocenters. The van der Waals surface area contributed by atoms with Crippen molar-refractivity contribution in [2.75, 3.05) is 11.5 Å². The zero-order valence-corrected chi connectivity index (χ0v) is 10.9. The Balaban J connectivity index is 5.79. The third kappa shape index (κ3) is 2.40. The minimum absolute atomic E-state index is 0.0823. The molecule has 0 aromatic carbocycles. The van der Waals surface area contributed by atoms with E-state index in [1.165, 1.54) is 6.92 Å². The molecule has 0 aliphatic heterocycles. The van der Waals surface area contributed by atoms with Gasteiger partial charge in [-0.15, -0.1) is 12.8 Å². The second-order valence-corrected chi connectivity index (χ2v) is 8.51. The van der Waals surface area contributed by atoms with Gasteiger partial charge in [0, 0.05) is 0 Å². The fourth-order valence-electron chi connectivity index (χ4n) is 1.16. The van der Waals surface area contributed by atoms with Gasteiger partial charge in [-0.25, -0.2) is 16.8 Å². The topological polar surface area (TPSA) is 68.3 Å². The van der Waals surface area contributed by atoms with Gasteiger partial charge in [-0.2, -0.15) is 0 Å². The summed E-state index contributed by atoms with van der Waals surface area (Å²) in [6, 6.07) is 0. The molecule has 0 saturated heterocycles. The van der Waals surface area contributed by atoms with Gasteiger partial charge in [0.2, 0.25) is 0 Å². The van der Waals surface area contributed by atoms with Crippen LogP contribution in [0.4, 0.5) is 0 Å². The maximum atomic E-state index is 11.8. The van der Waals surface area contributed by atoms with Crippen molar-refractivity contribution in [3.8, 4) is 24.7 Å². The molecule has 4 nitrogen and oxygen atoms in total. The highest BCUT2D eigenvalue weighted by molar-refractivity contribution is 8.10. The molecule has 16 heavy (non-hydrogen) atoms. The second kappa shape index (κ2) is 4.90. The van der Waals surface area contributed by atoms with E-state index in [0.717, 1.165) is 6.92 Å². The van der Waals surface area contributed by atoms with Crippen LogP contribution in [0.2, 0.25) is 0 Å². The van der Waals surface area contributed by atoms with E-state index in [1.54, 1.807) is 0 Å². The van der Waals surface area contributed by atoms with Crippen LogP contribution in [-0.2, 0) is 19.7 Å². The second-order valence-electron chi connectivity index (χ2n) is 3.41. The Hall–Kier alpha value is -0.980. The third-order valence-electron chi connectivity index (χ3n) is 2.50. The normalized spacial score (nSPS) is 12.8. The smallest absolute Gasteiger partial charge is 0.181 e. The van der Waals surface area contributed by atoms with Crippen LogP contribution in [-0.4, -0.2) is 32.4 Å². The van der Waals surface area contributed by atoms with Crippen LogP contribution in [0.15, 0.2) is 0 Å². The zero-order chi connectivity index (χ0) is 13.0. The molecule has 0 aromatic heterocycles. The van der Waals surface area contributed by atoms with Crippen molar-refractivity contribution in [2.45, 2.75) is 24.3 Å². The summed E-state index contributed by atoms with van der Waals surface area (Å²) in [5.41, 5.74) is 0. The number of hydrogen-bond acceptors (Lipinski definition) is 4. The maximum absolute atomic E-state index is 11.8. The van der Waals surface area contributed by atoms with Crippen molar-refractivity contribution < 1.29 is 16.8 Å². The number of hydrogen-bond donors (Lipinski definition) is 0. The highest BCUT2D eigenvalue weighted by Crippen LogP contribution is 2.29. The highest BCUT2D eigenvalue weighted by atomic mass is 32.3. The molecule has 0 N–H and O–H groups in total. The average molecular weight is 262 g/mol. The Bertz CT molecular complexity index is 480. The Morgan fingerprint density at radius 1 is 1.00 bits per heavy atom. The minimum atomic E-state index is -3.92. The third-order valence-corrected chi connectivity index (χ3v) is 8.33. The molecule has 0 spiro atoms. The van der Waals surface area contributed by atoms with Gasteiger partial charge < -0.3 is 0 Å². The predicted octanol–water partition coefficient (Wildman–Crippen LogP) is 0.209. The summed E-state index contributed by atoms with van der Waals surface area (Å²) in [6.45, 7) is 2.62. The van der Waals surface area contributed by atoms with Gasteiger partial charge in [-0.05, 0) is 13.3 Å². The van der Waals surface area contributed by atoms with Gasteiger partial charge in [0.05, 0.1) is 0 Å². The number of rotatable bonds is 5. The Morgan fingerprint density at radius 2 is 1.31 bits per heavy atom. The molecule has 0 bridgehead atoms. The van der Waals surface area contributed by atoms with E-state index >= 15 is 0 Å². The summed E-state index contributed by atoms with van der Waals surface area (Å²) in [5, 5.41) is 0. The van der Waals surface area contributed by atoms with E-state index in [4.69, 9.17) is 12.8 Å². The van der Waals surface area contributed by atoms with Crippen molar-refractivity contribution in [3.05, 3.63) is 0 Å². The molecule has 0 radical (unpaired) electrons. The van der Waals surface area contributed by atoms with Gasteiger partial charge in [0.15, 0.2) is 23.8 Å². The first kappa shape index (κ1) is 15.0. The van der Waals surface area contributed by atoms with Gasteiger partial charge in [-0.3, -0.25) is 0 Å². The molecule has 0 aliphatic carbocycles. The maximum Gasteiger partial charge on any atom is 0.181 e. The van der Waals surface area contributed by atoms with Crippen molar-refractivity contribution in [3.63, 3.8) is 0 Å². The molecule has 0 amide bonds. The van der Waals surface area contributed by atoms with Gasteiger partial charge in [0.1, 0.15) is 11.5 Å². The molecular weight excluding hydrogens is 248 g/mol. The average Bonchev–Trinajstić information content (AvgIpc) is 2.15. The van der Waals surface area contributed by atoms with E-state index in [9.17, 15) is 16.8 Å². The van der Waals surface area contributed by atoms with E-state index < -0.39 is 35.3 Å². The molecule has 90 valence electrons. The van der Waals surface area contributed by atoms with Crippen LogP contribution in [0.1, 0.15) is 20.3 Å². The lowest BCUT2D eigenvalue weighted by atomic mass is 10.4. The summed E-state index contributed by atoms with van der Waals surface area (Å²) in [5.74, 6) is 2.70. The van der Waals surface area contributed by atoms with Crippen molar-refractivity contribution >= 4 is 19.7 Å². The van der Waals surface area contributed by atoms with Crippen molar-refractivity contribution in [1.82, 2.24) is 0 Å². The first-order valence-electron chi connectivity index (χ1n) is 4.50. The predicted molar refractivity (Wildman–Crippen MR) is 63.9 cm³/mol. The molecule has 0 saturated carbocycles. The lowest BCUT2D eigenvalue weighted by Gasteiger charge is -2.26. The molecule has 0 heterocycles. The van der Waals surface area contributed by atoms with E-state index in [-0.39, 0.29) is 6.42 Å². The summed E-state index contributed by atoms with van der Waals surface area (Å²) < 4.78 is 45.4. The van der Waals surface area contributed by atoms with E-state index in [2.05, 4.69) is 0 Å². The van der Waals surface area contributed by atoms with Crippen LogP contribution in [0, 0.1) is 24.7 Å². The van der Waals surface area contributed by atoms with E-state index in [1.807, 2.05) is 11.8 Å². The van der Waals surface area contributed by atoms with Crippen LogP contribution in [0.3, 0.4) is 0 Å². The SMILES string of the molecule is C#CCS(=O)(=O)C(C)(CC)S(=O)(=O)CC#C. The number of sulfone groups is 2. The highest BCUT2D eigenvalue weighted by Gasteiger charge is 2.48. The Morgan fingerprint density at radius 3 is 1.50 bits per heavy atom. The molecule has 0 aliphatic rings. The number of terminal acetylenes is 2. The molecule has 0 atom stereocenters. The molecular formula is C10H14O4S2. The van der Waals surface area contributed by atoms with Crippen LogP contribution in [0.25, 0.3) is 0 Å². The molecule has 0 rings (SSSR count). The monoisotopic (exact) mass is 262 g/mol. The van der Waals surface area contributed by atoms with Crippen molar-refractivity contribution in [1.29, 1.82) is 0 Å². The van der Waals surface area contributed by atoms with E-state index in [0.29, 0.717) is 0 Å². The molecule has 0 aromatic rings. The fourth-order valence-corrected chi connectivity index (χ4v) is 4.99. The minimum Gasteiger partial charge on any atom is -0.226 e. The molecule has 6 heteroatoms. The van der Waals surface area contributed by atoms with Gasteiger partial charge in [-0.1, -0.05) is 18.8 Å². The van der Waals surface area contributed by atoms with Crippen LogP contribution >= 0.6 is 0 Å². The summed E-state index contributed by atoms with van der Waals surface area (Å²) in [6.07, 6.45) is 9.76. The van der Waals surface area contributed by atoms with Gasteiger partial charge >= 0.3 is 0 Å². The largest absolute Gasteiger partial charge is 0.226 e. The zero-order valence-electron chi connectivity index (χ0n) is 9.23. The lowest BCUT2D eigenvalue weighted by Crippen LogP contribution is -2.45. The summed E-state index contributed by atoms with van der Waals surface area (Å²) in [7, 11) is -7.84. The Kier molecular flexibility index (Phi) is 4.60. The fraction of sp³-hybridized carbons (Fsp3) is 0.600. The standard InChI is InChI=1S/C10H14O4S2/c1-5-8-15(11,12)10(4,7-3)16(13,14)9-6-2/h1-2H,7-9H2,3-4H3. The quantitative estimate of drug-likeness (QED) is 0.664. The van der Waals surface area contributed by atoms with Crippen LogP contribution < -0.4 is 0 Å². The van der Waals surface area contributed by atoms with Crippen molar-refractivity contribution in [2.24, 2.45) is 0 Å². The first-order valence-corrected chi connectivity index (χ1v) is 7.80. The summed E-state index contributed by atoms with van der Waals surface area (Å²) >= 11 is 0.